The summed E-state index contributed by atoms with van der Waals surface area (Å²) in [6.07, 6.45) is 4.13. The van der Waals surface area contributed by atoms with Crippen LogP contribution in [0.25, 0.3) is 17.2 Å². The summed E-state index contributed by atoms with van der Waals surface area (Å²) < 4.78 is 9.29. The number of fused-ring (bicyclic) bond motifs is 1. The summed E-state index contributed by atoms with van der Waals surface area (Å²) in [6, 6.07) is 9.99. The first-order valence-corrected chi connectivity index (χ1v) is 10.1. The van der Waals surface area contributed by atoms with Gasteiger partial charge in [0.05, 0.1) is 0 Å². The van der Waals surface area contributed by atoms with Gasteiger partial charge in [0.25, 0.3) is 0 Å². The van der Waals surface area contributed by atoms with Crippen LogP contribution in [0.15, 0.2) is 36.7 Å². The Kier molecular flexibility index (Phi) is 4.63. The molecule has 1 aromatic carbocycles. The summed E-state index contributed by atoms with van der Waals surface area (Å²) in [6.45, 7) is 2.64. The molecule has 0 atom stereocenters. The second kappa shape index (κ2) is 7.44. The van der Waals surface area contributed by atoms with Crippen molar-refractivity contribution >= 4 is 5.91 Å². The van der Waals surface area contributed by atoms with Gasteiger partial charge in [-0.2, -0.15) is 5.10 Å². The van der Waals surface area contributed by atoms with E-state index < -0.39 is 0 Å². The number of carbonyl (C=O) groups is 1. The van der Waals surface area contributed by atoms with Gasteiger partial charge in [-0.1, -0.05) is 18.2 Å². The van der Waals surface area contributed by atoms with Gasteiger partial charge < -0.3 is 9.64 Å². The number of para-hydroxylation sites is 1. The zero-order valence-electron chi connectivity index (χ0n) is 16.5. The maximum Gasteiger partial charge on any atom is 0.226 e. The predicted octanol–water partition coefficient (Wildman–Crippen LogP) is 1.98. The van der Waals surface area contributed by atoms with Crippen molar-refractivity contribution in [1.29, 1.82) is 0 Å². The Balaban J connectivity index is 1.48. The average Bonchev–Trinajstić information content (AvgIpc) is 3.39. The van der Waals surface area contributed by atoms with Crippen molar-refractivity contribution in [3.8, 4) is 17.2 Å². The summed E-state index contributed by atoms with van der Waals surface area (Å²) in [5.74, 6) is 1.00. The Morgan fingerprint density at radius 1 is 1.17 bits per heavy atom. The van der Waals surface area contributed by atoms with Crippen molar-refractivity contribution in [2.45, 2.75) is 25.8 Å². The minimum absolute atomic E-state index is 0.0680. The maximum absolute atomic E-state index is 13.1. The van der Waals surface area contributed by atoms with Crippen LogP contribution >= 0.6 is 0 Å². The van der Waals surface area contributed by atoms with Crippen LogP contribution in [0.3, 0.4) is 0 Å². The first-order valence-electron chi connectivity index (χ1n) is 10.1. The second-order valence-electron chi connectivity index (χ2n) is 7.65. The quantitative estimate of drug-likeness (QED) is 0.681. The van der Waals surface area contributed by atoms with E-state index in [0.717, 1.165) is 42.8 Å². The molecule has 0 aliphatic carbocycles. The minimum atomic E-state index is 0.0680. The molecule has 4 heterocycles. The molecule has 0 N–H and O–H groups in total. The highest BCUT2D eigenvalue weighted by atomic mass is 16.5. The monoisotopic (exact) mass is 392 g/mol. The standard InChI is InChI=1S/C21H24N6O2/c1-25-18-7-10-26(21(28)15-8-11-29-12-9-15)13-17(18)19(24-25)20-23-22-14-27(20)16-5-3-2-4-6-16/h2-6,14-15H,7-13H2,1H3. The van der Waals surface area contributed by atoms with E-state index in [9.17, 15) is 4.79 Å². The van der Waals surface area contributed by atoms with Crippen molar-refractivity contribution in [2.75, 3.05) is 19.8 Å². The molecular weight excluding hydrogens is 368 g/mol. The molecule has 2 aliphatic heterocycles. The molecule has 150 valence electrons. The van der Waals surface area contributed by atoms with Crippen molar-refractivity contribution < 1.29 is 9.53 Å². The van der Waals surface area contributed by atoms with E-state index >= 15 is 0 Å². The zero-order valence-corrected chi connectivity index (χ0v) is 16.5. The van der Waals surface area contributed by atoms with Crippen LogP contribution in [0, 0.1) is 5.92 Å². The Morgan fingerprint density at radius 2 is 1.97 bits per heavy atom. The molecule has 8 heteroatoms. The normalized spacial score (nSPS) is 17.3. The molecule has 0 unspecified atom stereocenters. The van der Waals surface area contributed by atoms with Gasteiger partial charge in [-0.15, -0.1) is 10.2 Å². The lowest BCUT2D eigenvalue weighted by molar-refractivity contribution is -0.139. The number of rotatable bonds is 3. The van der Waals surface area contributed by atoms with Gasteiger partial charge in [0.2, 0.25) is 5.91 Å². The molecule has 0 spiro atoms. The number of amides is 1. The molecule has 0 bridgehead atoms. The number of aromatic nitrogens is 5. The van der Waals surface area contributed by atoms with Crippen molar-refractivity contribution in [3.05, 3.63) is 47.9 Å². The van der Waals surface area contributed by atoms with E-state index in [1.54, 1.807) is 6.33 Å². The van der Waals surface area contributed by atoms with E-state index in [-0.39, 0.29) is 11.8 Å². The predicted molar refractivity (Wildman–Crippen MR) is 106 cm³/mol. The van der Waals surface area contributed by atoms with E-state index in [2.05, 4.69) is 10.2 Å². The van der Waals surface area contributed by atoms with Crippen LogP contribution < -0.4 is 0 Å². The van der Waals surface area contributed by atoms with Crippen LogP contribution in [0.5, 0.6) is 0 Å². The molecule has 8 nitrogen and oxygen atoms in total. The SMILES string of the molecule is Cn1nc(-c2nncn2-c2ccccc2)c2c1CCN(C(=O)C1CCOCC1)C2. The molecule has 2 aromatic heterocycles. The Morgan fingerprint density at radius 3 is 2.76 bits per heavy atom. The number of benzene rings is 1. The number of hydrogen-bond donors (Lipinski definition) is 0. The summed E-state index contributed by atoms with van der Waals surface area (Å²) in [5, 5.41) is 13.3. The highest BCUT2D eigenvalue weighted by molar-refractivity contribution is 5.79. The fourth-order valence-corrected chi connectivity index (χ4v) is 4.34. The first-order chi connectivity index (χ1) is 14.2. The largest absolute Gasteiger partial charge is 0.381 e. The number of hydrogen-bond acceptors (Lipinski definition) is 5. The minimum Gasteiger partial charge on any atom is -0.381 e. The summed E-state index contributed by atoms with van der Waals surface area (Å²) in [4.78, 5) is 15.0. The lowest BCUT2D eigenvalue weighted by Gasteiger charge is -2.32. The van der Waals surface area contributed by atoms with Crippen LogP contribution in [-0.4, -0.2) is 55.1 Å². The van der Waals surface area contributed by atoms with Crippen molar-refractivity contribution in [1.82, 2.24) is 29.4 Å². The topological polar surface area (TPSA) is 78.1 Å². The van der Waals surface area contributed by atoms with Crippen molar-refractivity contribution in [2.24, 2.45) is 13.0 Å². The molecule has 2 aliphatic rings. The lowest BCUT2D eigenvalue weighted by atomic mass is 9.96. The lowest BCUT2D eigenvalue weighted by Crippen LogP contribution is -2.41. The van der Waals surface area contributed by atoms with Crippen LogP contribution in [0.2, 0.25) is 0 Å². The third-order valence-electron chi connectivity index (χ3n) is 5.92. The van der Waals surface area contributed by atoms with Crippen LogP contribution in [-0.2, 0) is 29.5 Å². The van der Waals surface area contributed by atoms with Gasteiger partial charge in [0.1, 0.15) is 12.0 Å². The van der Waals surface area contributed by atoms with E-state index in [0.29, 0.717) is 25.6 Å². The first kappa shape index (κ1) is 18.1. The summed E-state index contributed by atoms with van der Waals surface area (Å²) >= 11 is 0. The number of carbonyl (C=O) groups excluding carboxylic acids is 1. The zero-order chi connectivity index (χ0) is 19.8. The molecule has 5 rings (SSSR count). The molecule has 29 heavy (non-hydrogen) atoms. The van der Waals surface area contributed by atoms with Gasteiger partial charge >= 0.3 is 0 Å². The molecule has 0 saturated carbocycles. The molecule has 3 aromatic rings. The smallest absolute Gasteiger partial charge is 0.226 e. The van der Waals surface area contributed by atoms with Gasteiger partial charge in [-0.05, 0) is 25.0 Å². The fraction of sp³-hybridized carbons (Fsp3) is 0.429. The Bertz CT molecular complexity index is 1020. The second-order valence-corrected chi connectivity index (χ2v) is 7.65. The Labute approximate surface area is 169 Å². The number of nitrogens with zero attached hydrogens (tertiary/aromatic N) is 6. The van der Waals surface area contributed by atoms with Gasteiger partial charge in [-0.3, -0.25) is 14.0 Å². The third kappa shape index (κ3) is 3.23. The van der Waals surface area contributed by atoms with Crippen LogP contribution in [0.1, 0.15) is 24.1 Å². The van der Waals surface area contributed by atoms with Gasteiger partial charge in [0.15, 0.2) is 5.82 Å². The van der Waals surface area contributed by atoms with Crippen molar-refractivity contribution in [3.63, 3.8) is 0 Å². The Hall–Kier alpha value is -3.00. The summed E-state index contributed by atoms with van der Waals surface area (Å²) in [5.41, 5.74) is 4.02. The van der Waals surface area contributed by atoms with E-state index in [1.165, 1.54) is 5.69 Å². The highest BCUT2D eigenvalue weighted by Crippen LogP contribution is 2.31. The van der Waals surface area contributed by atoms with E-state index in [1.807, 2.05) is 51.5 Å². The fourth-order valence-electron chi connectivity index (χ4n) is 4.34. The number of aryl methyl sites for hydroxylation is 1. The molecular formula is C21H24N6O2. The number of ether oxygens (including phenoxy) is 1. The molecule has 1 saturated heterocycles. The maximum atomic E-state index is 13.1. The molecule has 1 amide bonds. The average molecular weight is 392 g/mol. The molecule has 0 radical (unpaired) electrons. The molecule has 1 fully saturated rings. The van der Waals surface area contributed by atoms with Gasteiger partial charge in [0, 0.05) is 62.6 Å². The van der Waals surface area contributed by atoms with Gasteiger partial charge in [-0.25, -0.2) is 0 Å². The van der Waals surface area contributed by atoms with Crippen LogP contribution in [0.4, 0.5) is 0 Å². The highest BCUT2D eigenvalue weighted by Gasteiger charge is 2.32. The third-order valence-corrected chi connectivity index (χ3v) is 5.92. The van der Waals surface area contributed by atoms with E-state index in [4.69, 9.17) is 9.84 Å². The summed E-state index contributed by atoms with van der Waals surface area (Å²) in [7, 11) is 1.96.